The second-order valence-corrected chi connectivity index (χ2v) is 19.3. The number of hydrogen-bond donors (Lipinski definition) is 0. The smallest absolute Gasteiger partial charge is 0.200 e. The van der Waals surface area contributed by atoms with Crippen molar-refractivity contribution < 1.29 is 171 Å². The van der Waals surface area contributed by atoms with Crippen molar-refractivity contribution >= 4 is 19.7 Å². The van der Waals surface area contributed by atoms with Crippen molar-refractivity contribution in [3.05, 3.63) is 0 Å². The van der Waals surface area contributed by atoms with Crippen LogP contribution < -0.4 is 0 Å². The highest BCUT2D eigenvalue weighted by molar-refractivity contribution is 6.80. The average Bonchev–Trinajstić information content (AvgIpc) is 3.09. The van der Waals surface area contributed by atoms with E-state index in [9.17, 15) is 171 Å². The second-order valence-electron chi connectivity index (χ2n) is 13.9. The average molecular weight is 1130 g/mol. The fourth-order valence-electron chi connectivity index (χ4n) is 5.09. The van der Waals surface area contributed by atoms with Crippen LogP contribution in [0.25, 0.3) is 0 Å². The van der Waals surface area contributed by atoms with Crippen molar-refractivity contribution in [2.75, 3.05) is 5.88 Å². The van der Waals surface area contributed by atoms with E-state index in [-0.39, 0.29) is 0 Å². The molecule has 404 valence electrons. The monoisotopic (exact) mass is 1130 g/mol. The van der Waals surface area contributed by atoms with E-state index in [1.54, 1.807) is 0 Å². The normalized spacial score (nSPS) is 16.8. The largest absolute Gasteiger partial charge is 0.460 e. The summed E-state index contributed by atoms with van der Waals surface area (Å²) in [5.41, 5.74) is 0. The highest BCUT2D eigenvalue weighted by Crippen LogP contribution is 2.65. The lowest BCUT2D eigenvalue weighted by molar-refractivity contribution is -0.440. The molecule has 0 aromatic heterocycles. The lowest BCUT2D eigenvalue weighted by Crippen LogP contribution is -2.70. The third-order valence-corrected chi connectivity index (χ3v) is 15.3. The summed E-state index contributed by atoms with van der Waals surface area (Å²) in [5, 5.41) is 0. The Bertz CT molecular complexity index is 1490. The van der Waals surface area contributed by atoms with Gasteiger partial charge in [0.1, 0.15) is 0 Å². The first-order valence-electron chi connectivity index (χ1n) is 15.9. The molecule has 67 heavy (non-hydrogen) atoms. The first-order chi connectivity index (χ1) is 28.4. The molecule has 0 unspecified atom stereocenters. The molecular weight excluding hydrogens is 1120 g/mol. The zero-order valence-electron chi connectivity index (χ0n) is 30.3. The highest BCUT2D eigenvalue weighted by Gasteiger charge is 2.93. The SMILES string of the molecule is FC(F)(F)C(F)(F)C(F)(F)C(F)(F)C(F)(F)C(F)(F)CC[Si](CCCl)(CCC(F)(F)C(F)(F)C(F)(F)C(F)(F)C(F)(F)C(F)(F)F)CCC(F)(F)C(F)(F)C(F)(F)C(F)(F)C(F)(F)C(F)(F)F. The second kappa shape index (κ2) is 17.5. The summed E-state index contributed by atoms with van der Waals surface area (Å²) < 4.78 is 531. The van der Waals surface area contributed by atoms with Crippen molar-refractivity contribution in [3.63, 3.8) is 0 Å². The standard InChI is InChI=1S/C26H16ClF39Si/c27-4-8-67(5-1-9(28,29)12(34,35)15(40,41)18(46,47)21(52,53)24(58,59)60,6-2-10(30,31)13(36,37)16(42,43)19(48,49)22(54,55)25(61,62)63)7-3-11(32,33)14(38,39)17(44,45)20(50,51)23(56,57)26(64,65)66/h1-8H2. The summed E-state index contributed by atoms with van der Waals surface area (Å²) in [6.07, 6.45) is -36.4. The van der Waals surface area contributed by atoms with Crippen LogP contribution >= 0.6 is 11.6 Å². The fourth-order valence-corrected chi connectivity index (χ4v) is 10.7. The van der Waals surface area contributed by atoms with Gasteiger partial charge in [0.15, 0.2) is 0 Å². The number of rotatable bonds is 23. The lowest BCUT2D eigenvalue weighted by atomic mass is 9.93. The molecule has 0 saturated heterocycles. The molecule has 0 N–H and O–H groups in total. The van der Waals surface area contributed by atoms with Crippen LogP contribution in [0.15, 0.2) is 0 Å². The van der Waals surface area contributed by atoms with Gasteiger partial charge in [-0.3, -0.25) is 0 Å². The molecule has 41 heteroatoms. The topological polar surface area (TPSA) is 0 Å². The van der Waals surface area contributed by atoms with Crippen LogP contribution in [0.2, 0.25) is 24.2 Å². The fraction of sp³-hybridized carbons (Fsp3) is 1.00. The van der Waals surface area contributed by atoms with Gasteiger partial charge in [0, 0.05) is 25.1 Å². The van der Waals surface area contributed by atoms with Crippen LogP contribution in [0.1, 0.15) is 19.3 Å². The summed E-state index contributed by atoms with van der Waals surface area (Å²) >= 11 is 4.98. The molecule has 0 saturated carbocycles. The Balaban J connectivity index is 8.00. The summed E-state index contributed by atoms with van der Waals surface area (Å²) in [5.74, 6) is -129. The molecular formula is C26H16ClF39Si. The van der Waals surface area contributed by atoms with Gasteiger partial charge in [-0.1, -0.05) is 18.1 Å². The van der Waals surface area contributed by atoms with Crippen molar-refractivity contribution in [1.82, 2.24) is 0 Å². The molecule has 0 radical (unpaired) electrons. The van der Waals surface area contributed by atoms with Crippen LogP contribution in [-0.4, -0.2) is 121 Å². The summed E-state index contributed by atoms with van der Waals surface area (Å²) in [6, 6.07) is -12.0. The van der Waals surface area contributed by atoms with Crippen molar-refractivity contribution in [3.8, 4) is 0 Å². The quantitative estimate of drug-likeness (QED) is 0.0543. The van der Waals surface area contributed by atoms with Gasteiger partial charge in [-0.15, -0.1) is 11.6 Å². The zero-order chi connectivity index (χ0) is 55.2. The maximum Gasteiger partial charge on any atom is 0.460 e. The Morgan fingerprint density at radius 1 is 0.209 bits per heavy atom. The maximum atomic E-state index is 14.7. The molecule has 0 aliphatic heterocycles. The van der Waals surface area contributed by atoms with Gasteiger partial charge in [-0.2, -0.15) is 171 Å². The van der Waals surface area contributed by atoms with E-state index in [1.807, 2.05) is 0 Å². The molecule has 0 heterocycles. The van der Waals surface area contributed by atoms with Crippen LogP contribution in [0, 0.1) is 0 Å². The molecule has 0 atom stereocenters. The maximum absolute atomic E-state index is 14.7. The Morgan fingerprint density at radius 3 is 0.493 bits per heavy atom. The van der Waals surface area contributed by atoms with Crippen LogP contribution in [0.5, 0.6) is 0 Å². The van der Waals surface area contributed by atoms with Crippen LogP contribution in [0.4, 0.5) is 171 Å². The van der Waals surface area contributed by atoms with E-state index in [0.29, 0.717) is 0 Å². The zero-order valence-corrected chi connectivity index (χ0v) is 32.0. The third kappa shape index (κ3) is 9.78. The summed E-state index contributed by atoms with van der Waals surface area (Å²) in [6.45, 7) is 0. The molecule has 0 spiro atoms. The van der Waals surface area contributed by atoms with Crippen LogP contribution in [0.3, 0.4) is 0 Å². The Morgan fingerprint density at radius 2 is 0.358 bits per heavy atom. The van der Waals surface area contributed by atoms with Gasteiger partial charge in [0.25, 0.3) is 0 Å². The van der Waals surface area contributed by atoms with Crippen molar-refractivity contribution in [2.24, 2.45) is 0 Å². The molecule has 0 bridgehead atoms. The lowest BCUT2D eigenvalue weighted by Gasteiger charge is -2.43. The number of hydrogen-bond acceptors (Lipinski definition) is 0. The molecule has 0 amide bonds. The highest BCUT2D eigenvalue weighted by atomic mass is 35.5. The first kappa shape index (κ1) is 64.8. The minimum absolute atomic E-state index is 2.00. The molecule has 0 aliphatic carbocycles. The molecule has 0 nitrogen and oxygen atoms in total. The minimum atomic E-state index is -8.85. The van der Waals surface area contributed by atoms with Gasteiger partial charge in [0.05, 0.1) is 8.07 Å². The Kier molecular flexibility index (Phi) is 16.9. The van der Waals surface area contributed by atoms with Crippen molar-refractivity contribution in [2.45, 2.75) is 151 Å². The van der Waals surface area contributed by atoms with Gasteiger partial charge < -0.3 is 0 Å². The van der Waals surface area contributed by atoms with E-state index in [0.717, 1.165) is 0 Å². The predicted octanol–water partition coefficient (Wildman–Crippen LogP) is 16.1. The predicted molar refractivity (Wildman–Crippen MR) is 142 cm³/mol. The third-order valence-electron chi connectivity index (χ3n) is 9.53. The van der Waals surface area contributed by atoms with E-state index in [2.05, 4.69) is 0 Å². The summed E-state index contributed by atoms with van der Waals surface area (Å²) in [7, 11) is -6.73. The number of halogens is 40. The molecule has 0 fully saturated rings. The van der Waals surface area contributed by atoms with E-state index in [4.69, 9.17) is 11.6 Å². The van der Waals surface area contributed by atoms with Gasteiger partial charge >= 0.3 is 107 Å². The van der Waals surface area contributed by atoms with E-state index < -0.39 is 165 Å². The van der Waals surface area contributed by atoms with Crippen LogP contribution in [-0.2, 0) is 0 Å². The molecule has 0 aliphatic rings. The first-order valence-corrected chi connectivity index (χ1v) is 19.2. The van der Waals surface area contributed by atoms with E-state index >= 15 is 0 Å². The van der Waals surface area contributed by atoms with Gasteiger partial charge in [0.2, 0.25) is 0 Å². The van der Waals surface area contributed by atoms with Gasteiger partial charge in [-0.05, 0) is 6.04 Å². The van der Waals surface area contributed by atoms with E-state index in [1.165, 1.54) is 0 Å². The summed E-state index contributed by atoms with van der Waals surface area (Å²) in [4.78, 5) is 0. The molecule has 0 aromatic carbocycles. The minimum Gasteiger partial charge on any atom is -0.200 e. The Hall–Kier alpha value is -2.22. The Labute approximate surface area is 348 Å². The van der Waals surface area contributed by atoms with Crippen molar-refractivity contribution in [1.29, 1.82) is 0 Å². The van der Waals surface area contributed by atoms with Gasteiger partial charge in [-0.25, -0.2) is 0 Å². The number of alkyl halides is 40. The molecule has 0 aromatic rings. The molecule has 0 rings (SSSR count).